The molecule has 0 aliphatic heterocycles. The van der Waals surface area contributed by atoms with Gasteiger partial charge in [-0.2, -0.15) is 0 Å². The van der Waals surface area contributed by atoms with Crippen LogP contribution in [0.4, 0.5) is 34.1 Å². The van der Waals surface area contributed by atoms with Gasteiger partial charge in [0.1, 0.15) is 22.3 Å². The fraction of sp³-hybridized carbons (Fsp3) is 0.0909. The number of anilines is 6. The van der Waals surface area contributed by atoms with E-state index in [-0.39, 0.29) is 0 Å². The molecule has 0 unspecified atom stereocenters. The molecule has 11 rings (SSSR count). The maximum absolute atomic E-state index is 6.69. The third-order valence-corrected chi connectivity index (χ3v) is 12.1. The monoisotopic (exact) mass is 762 g/mol. The normalized spacial score (nSPS) is 11.8. The minimum atomic E-state index is 0.833. The fourth-order valence-electron chi connectivity index (χ4n) is 9.06. The zero-order chi connectivity index (χ0) is 39.9. The third kappa shape index (κ3) is 5.74. The molecule has 2 aromatic heterocycles. The molecule has 0 fully saturated rings. The van der Waals surface area contributed by atoms with Crippen molar-refractivity contribution in [1.82, 2.24) is 0 Å². The van der Waals surface area contributed by atoms with Gasteiger partial charge in [-0.25, -0.2) is 0 Å². The van der Waals surface area contributed by atoms with Crippen LogP contribution >= 0.6 is 0 Å². The number of aryl methyl sites for hydroxylation is 5. The molecule has 4 nitrogen and oxygen atoms in total. The Labute approximate surface area is 343 Å². The van der Waals surface area contributed by atoms with Gasteiger partial charge in [0.15, 0.2) is 0 Å². The Hall–Kier alpha value is -7.30. The Morgan fingerprint density at radius 2 is 0.746 bits per heavy atom. The van der Waals surface area contributed by atoms with Gasteiger partial charge in [0, 0.05) is 61.7 Å². The number of hydrogen-bond donors (Lipinski definition) is 0. The predicted molar refractivity (Wildman–Crippen MR) is 249 cm³/mol. The highest BCUT2D eigenvalue weighted by atomic mass is 16.3. The summed E-state index contributed by atoms with van der Waals surface area (Å²) in [6.07, 6.45) is 0. The van der Waals surface area contributed by atoms with E-state index in [1.54, 1.807) is 0 Å². The van der Waals surface area contributed by atoms with Crippen LogP contribution in [-0.4, -0.2) is 0 Å². The summed E-state index contributed by atoms with van der Waals surface area (Å²) in [4.78, 5) is 4.69. The molecule has 59 heavy (non-hydrogen) atoms. The molecular formula is C55H42N2O2. The molecule has 0 spiro atoms. The molecule has 4 heteroatoms. The van der Waals surface area contributed by atoms with Crippen molar-refractivity contribution in [3.8, 4) is 0 Å². The van der Waals surface area contributed by atoms with Crippen LogP contribution < -0.4 is 9.80 Å². The van der Waals surface area contributed by atoms with Crippen molar-refractivity contribution in [2.24, 2.45) is 0 Å². The number of nitrogens with zero attached hydrogens (tertiary/aromatic N) is 2. The number of hydrogen-bond acceptors (Lipinski definition) is 4. The molecule has 0 radical (unpaired) electrons. The SMILES string of the molecule is Cc1ccc(N(c2ccc3cc4c(cc3c2)oc2cc3oc5cc6cc(N(c7ccc(C)cc7)c7ccccc7C)ccc6cc5c3c(C)c24)c2ccccc2C)cc1. The molecule has 0 aliphatic carbocycles. The molecular weight excluding hydrogens is 721 g/mol. The number of benzene rings is 9. The van der Waals surface area contributed by atoms with Gasteiger partial charge in [-0.05, 0) is 158 Å². The van der Waals surface area contributed by atoms with Crippen molar-refractivity contribution < 1.29 is 8.83 Å². The Kier molecular flexibility index (Phi) is 7.92. The summed E-state index contributed by atoms with van der Waals surface area (Å²) in [6.45, 7) is 10.8. The first kappa shape index (κ1) is 34.9. The second-order valence-corrected chi connectivity index (χ2v) is 16.1. The molecule has 9 aromatic carbocycles. The van der Waals surface area contributed by atoms with Crippen LogP contribution in [0.3, 0.4) is 0 Å². The molecule has 0 bridgehead atoms. The highest BCUT2D eigenvalue weighted by molar-refractivity contribution is 6.21. The molecule has 0 aliphatic rings. The molecule has 0 saturated carbocycles. The van der Waals surface area contributed by atoms with Crippen molar-refractivity contribution in [1.29, 1.82) is 0 Å². The van der Waals surface area contributed by atoms with E-state index in [2.05, 4.69) is 208 Å². The van der Waals surface area contributed by atoms with Crippen molar-refractivity contribution in [2.75, 3.05) is 9.80 Å². The lowest BCUT2D eigenvalue weighted by molar-refractivity contribution is 0.656. The van der Waals surface area contributed by atoms with Crippen molar-refractivity contribution in [3.63, 3.8) is 0 Å². The summed E-state index contributed by atoms with van der Waals surface area (Å²) < 4.78 is 13.4. The van der Waals surface area contributed by atoms with E-state index >= 15 is 0 Å². The average molecular weight is 763 g/mol. The van der Waals surface area contributed by atoms with Crippen LogP contribution in [0.15, 0.2) is 173 Å². The van der Waals surface area contributed by atoms with E-state index in [1.807, 2.05) is 0 Å². The Bertz CT molecular complexity index is 3220. The van der Waals surface area contributed by atoms with Crippen LogP contribution in [0.2, 0.25) is 0 Å². The predicted octanol–water partition coefficient (Wildman–Crippen LogP) is 16.3. The van der Waals surface area contributed by atoms with E-state index in [0.717, 1.165) is 94.3 Å². The summed E-state index contributed by atoms with van der Waals surface area (Å²) >= 11 is 0. The van der Waals surface area contributed by atoms with Crippen LogP contribution in [-0.2, 0) is 0 Å². The Balaban J connectivity index is 1.03. The van der Waals surface area contributed by atoms with Gasteiger partial charge in [-0.15, -0.1) is 0 Å². The lowest BCUT2D eigenvalue weighted by Crippen LogP contribution is -2.11. The maximum Gasteiger partial charge on any atom is 0.139 e. The van der Waals surface area contributed by atoms with Gasteiger partial charge in [0.25, 0.3) is 0 Å². The van der Waals surface area contributed by atoms with Crippen LogP contribution in [0.5, 0.6) is 0 Å². The first-order valence-electron chi connectivity index (χ1n) is 20.3. The minimum Gasteiger partial charge on any atom is -0.456 e. The Morgan fingerprint density at radius 3 is 1.17 bits per heavy atom. The summed E-state index contributed by atoms with van der Waals surface area (Å²) in [5, 5.41) is 9.07. The van der Waals surface area contributed by atoms with Gasteiger partial charge >= 0.3 is 0 Å². The third-order valence-electron chi connectivity index (χ3n) is 12.1. The standard InChI is InChI=1S/C55H42N2O2/c1-33-14-20-42(21-15-33)56(48-12-8-6-10-35(48)3)44-24-18-38-28-46-50(30-40(38)26-44)58-52-32-53-55(37(5)54(46)52)47-29-39-19-25-45(27-41(39)31-51(47)59-53)57(43-22-16-34(2)17-23-43)49-13-9-7-11-36(49)4/h6-32H,1-5H3. The largest absolute Gasteiger partial charge is 0.456 e. The maximum atomic E-state index is 6.69. The molecule has 2 heterocycles. The number of furan rings is 2. The molecule has 0 atom stereocenters. The summed E-state index contributed by atoms with van der Waals surface area (Å²) in [5.74, 6) is 0. The zero-order valence-corrected chi connectivity index (χ0v) is 33.8. The van der Waals surface area contributed by atoms with Crippen LogP contribution in [0, 0.1) is 34.6 Å². The van der Waals surface area contributed by atoms with E-state index < -0.39 is 0 Å². The second kappa shape index (κ2) is 13.4. The highest BCUT2D eigenvalue weighted by Gasteiger charge is 2.21. The Morgan fingerprint density at radius 1 is 0.339 bits per heavy atom. The highest BCUT2D eigenvalue weighted by Crippen LogP contribution is 2.45. The first-order valence-corrected chi connectivity index (χ1v) is 20.3. The summed E-state index contributed by atoms with van der Waals surface area (Å²) in [7, 11) is 0. The molecule has 0 amide bonds. The first-order chi connectivity index (χ1) is 28.8. The molecule has 11 aromatic rings. The van der Waals surface area contributed by atoms with Crippen LogP contribution in [0.1, 0.15) is 27.8 Å². The van der Waals surface area contributed by atoms with Crippen LogP contribution in [0.25, 0.3) is 65.4 Å². The number of fused-ring (bicyclic) bond motifs is 8. The quantitative estimate of drug-likeness (QED) is 0.169. The van der Waals surface area contributed by atoms with Gasteiger partial charge in [-0.1, -0.05) is 83.9 Å². The lowest BCUT2D eigenvalue weighted by atomic mass is 9.98. The van der Waals surface area contributed by atoms with Gasteiger partial charge in [0.2, 0.25) is 0 Å². The van der Waals surface area contributed by atoms with E-state index in [9.17, 15) is 0 Å². The smallest absolute Gasteiger partial charge is 0.139 e. The van der Waals surface area contributed by atoms with Crippen molar-refractivity contribution >= 4 is 99.5 Å². The lowest BCUT2D eigenvalue weighted by Gasteiger charge is -2.27. The van der Waals surface area contributed by atoms with Gasteiger partial charge in [-0.3, -0.25) is 0 Å². The molecule has 284 valence electrons. The zero-order valence-electron chi connectivity index (χ0n) is 33.8. The van der Waals surface area contributed by atoms with Gasteiger partial charge in [0.05, 0.1) is 0 Å². The average Bonchev–Trinajstić information content (AvgIpc) is 3.79. The number of para-hydroxylation sites is 2. The fourth-order valence-corrected chi connectivity index (χ4v) is 9.06. The summed E-state index contributed by atoms with van der Waals surface area (Å²) in [5.41, 5.74) is 16.2. The van der Waals surface area contributed by atoms with E-state index in [0.29, 0.717) is 0 Å². The van der Waals surface area contributed by atoms with E-state index in [1.165, 1.54) is 33.0 Å². The molecule has 0 N–H and O–H groups in total. The van der Waals surface area contributed by atoms with E-state index in [4.69, 9.17) is 8.83 Å². The minimum absolute atomic E-state index is 0.833. The topological polar surface area (TPSA) is 32.8 Å². The molecule has 0 saturated heterocycles. The van der Waals surface area contributed by atoms with Crippen molar-refractivity contribution in [2.45, 2.75) is 34.6 Å². The van der Waals surface area contributed by atoms with Gasteiger partial charge < -0.3 is 18.6 Å². The van der Waals surface area contributed by atoms with Crippen molar-refractivity contribution in [3.05, 3.63) is 192 Å². The second-order valence-electron chi connectivity index (χ2n) is 16.1. The summed E-state index contributed by atoms with van der Waals surface area (Å²) in [6, 6.07) is 59.2. The number of rotatable bonds is 6.